The van der Waals surface area contributed by atoms with Crippen molar-refractivity contribution in [1.82, 2.24) is 5.32 Å². The van der Waals surface area contributed by atoms with Gasteiger partial charge in [-0.2, -0.15) is 0 Å². The molecular weight excluding hydrogens is 202 g/mol. The van der Waals surface area contributed by atoms with E-state index in [1.165, 1.54) is 12.8 Å². The van der Waals surface area contributed by atoms with Crippen molar-refractivity contribution in [1.29, 1.82) is 0 Å². The van der Waals surface area contributed by atoms with Crippen LogP contribution in [0.5, 0.6) is 11.5 Å². The molecule has 0 amide bonds. The molecule has 3 nitrogen and oxygen atoms in total. The first-order valence-electron chi connectivity index (χ1n) is 5.97. The van der Waals surface area contributed by atoms with Gasteiger partial charge in [-0.1, -0.05) is 6.07 Å². The fourth-order valence-electron chi connectivity index (χ4n) is 1.92. The highest BCUT2D eigenvalue weighted by Crippen LogP contribution is 2.20. The Kier molecular flexibility index (Phi) is 4.05. The zero-order valence-corrected chi connectivity index (χ0v) is 9.74. The van der Waals surface area contributed by atoms with Crippen molar-refractivity contribution in [2.24, 2.45) is 0 Å². The number of rotatable bonds is 5. The molecule has 0 aliphatic carbocycles. The van der Waals surface area contributed by atoms with E-state index < -0.39 is 0 Å². The summed E-state index contributed by atoms with van der Waals surface area (Å²) >= 11 is 0. The van der Waals surface area contributed by atoms with Crippen molar-refractivity contribution in [3.05, 3.63) is 24.3 Å². The summed E-state index contributed by atoms with van der Waals surface area (Å²) in [5.41, 5.74) is 0. The second-order valence-corrected chi connectivity index (χ2v) is 4.01. The Morgan fingerprint density at radius 2 is 2.12 bits per heavy atom. The fraction of sp³-hybridized carbons (Fsp3) is 0.538. The summed E-state index contributed by atoms with van der Waals surface area (Å²) in [6, 6.07) is 8.33. The van der Waals surface area contributed by atoms with Crippen LogP contribution in [0.25, 0.3) is 0 Å². The molecule has 0 aromatic heterocycles. The number of ether oxygens (including phenoxy) is 2. The van der Waals surface area contributed by atoms with E-state index in [-0.39, 0.29) is 0 Å². The van der Waals surface area contributed by atoms with Gasteiger partial charge in [-0.15, -0.1) is 0 Å². The third-order valence-corrected chi connectivity index (χ3v) is 2.73. The van der Waals surface area contributed by atoms with Gasteiger partial charge in [0.2, 0.25) is 0 Å². The Hall–Kier alpha value is -1.22. The molecule has 1 aliphatic heterocycles. The van der Waals surface area contributed by atoms with Crippen molar-refractivity contribution >= 4 is 0 Å². The van der Waals surface area contributed by atoms with Crippen molar-refractivity contribution in [3.8, 4) is 11.5 Å². The molecule has 1 saturated heterocycles. The van der Waals surface area contributed by atoms with Crippen LogP contribution in [0.15, 0.2) is 24.3 Å². The van der Waals surface area contributed by atoms with Gasteiger partial charge in [0.05, 0.1) is 6.61 Å². The maximum Gasteiger partial charge on any atom is 0.123 e. The molecule has 88 valence electrons. The maximum atomic E-state index is 5.73. The molecule has 1 aliphatic rings. The summed E-state index contributed by atoms with van der Waals surface area (Å²) in [7, 11) is 0. The summed E-state index contributed by atoms with van der Waals surface area (Å²) < 4.78 is 11.2. The molecule has 1 fully saturated rings. The van der Waals surface area contributed by atoms with Gasteiger partial charge in [-0.3, -0.25) is 0 Å². The topological polar surface area (TPSA) is 30.5 Å². The van der Waals surface area contributed by atoms with Crippen LogP contribution in [0.2, 0.25) is 0 Å². The van der Waals surface area contributed by atoms with E-state index >= 15 is 0 Å². The van der Waals surface area contributed by atoms with Gasteiger partial charge in [0.15, 0.2) is 0 Å². The average molecular weight is 221 g/mol. The summed E-state index contributed by atoms with van der Waals surface area (Å²) in [6.45, 7) is 4.53. The standard InChI is InChI=1S/C13H19NO2/c1-2-15-12-6-3-7-13(9-12)16-10-11-5-4-8-14-11/h3,6-7,9,11,14H,2,4-5,8,10H2,1H3. The lowest BCUT2D eigenvalue weighted by Crippen LogP contribution is -2.28. The van der Waals surface area contributed by atoms with E-state index in [1.54, 1.807) is 0 Å². The van der Waals surface area contributed by atoms with Crippen LogP contribution in [0.4, 0.5) is 0 Å². The van der Waals surface area contributed by atoms with E-state index in [1.807, 2.05) is 31.2 Å². The number of nitrogens with one attached hydrogen (secondary N) is 1. The van der Waals surface area contributed by atoms with Crippen LogP contribution in [0.3, 0.4) is 0 Å². The molecule has 2 rings (SSSR count). The Morgan fingerprint density at radius 1 is 1.31 bits per heavy atom. The molecule has 1 heterocycles. The minimum atomic E-state index is 0.510. The molecule has 0 saturated carbocycles. The Labute approximate surface area is 96.8 Å². The lowest BCUT2D eigenvalue weighted by atomic mass is 10.2. The van der Waals surface area contributed by atoms with E-state index in [0.717, 1.165) is 24.7 Å². The molecule has 1 aromatic rings. The van der Waals surface area contributed by atoms with E-state index in [4.69, 9.17) is 9.47 Å². The summed E-state index contributed by atoms with van der Waals surface area (Å²) in [6.07, 6.45) is 2.47. The third kappa shape index (κ3) is 3.14. The second kappa shape index (κ2) is 5.75. The highest BCUT2D eigenvalue weighted by molar-refractivity contribution is 5.32. The maximum absolute atomic E-state index is 5.73. The molecule has 3 heteroatoms. The first-order valence-corrected chi connectivity index (χ1v) is 5.97. The highest BCUT2D eigenvalue weighted by Gasteiger charge is 2.14. The van der Waals surface area contributed by atoms with Gasteiger partial charge in [0.1, 0.15) is 18.1 Å². The smallest absolute Gasteiger partial charge is 0.123 e. The lowest BCUT2D eigenvalue weighted by molar-refractivity contribution is 0.274. The second-order valence-electron chi connectivity index (χ2n) is 4.01. The molecule has 16 heavy (non-hydrogen) atoms. The fourth-order valence-corrected chi connectivity index (χ4v) is 1.92. The van der Waals surface area contributed by atoms with Crippen molar-refractivity contribution in [3.63, 3.8) is 0 Å². The van der Waals surface area contributed by atoms with Crippen LogP contribution < -0.4 is 14.8 Å². The van der Waals surface area contributed by atoms with Crippen LogP contribution in [0, 0.1) is 0 Å². The van der Waals surface area contributed by atoms with E-state index in [9.17, 15) is 0 Å². The number of benzene rings is 1. The zero-order chi connectivity index (χ0) is 11.2. The molecule has 1 unspecified atom stereocenters. The average Bonchev–Trinajstić information content (AvgIpc) is 2.80. The van der Waals surface area contributed by atoms with Gasteiger partial charge in [0.25, 0.3) is 0 Å². The zero-order valence-electron chi connectivity index (χ0n) is 9.74. The van der Waals surface area contributed by atoms with Gasteiger partial charge in [-0.25, -0.2) is 0 Å². The SMILES string of the molecule is CCOc1cccc(OCC2CCCN2)c1. The molecule has 0 spiro atoms. The first-order chi connectivity index (χ1) is 7.88. The normalized spacial score (nSPS) is 19.7. The molecule has 1 aromatic carbocycles. The van der Waals surface area contributed by atoms with Gasteiger partial charge in [0, 0.05) is 12.1 Å². The minimum absolute atomic E-state index is 0.510. The number of hydrogen-bond acceptors (Lipinski definition) is 3. The van der Waals surface area contributed by atoms with Gasteiger partial charge < -0.3 is 14.8 Å². The van der Waals surface area contributed by atoms with E-state index in [2.05, 4.69) is 5.32 Å². The molecular formula is C13H19NO2. The molecule has 1 N–H and O–H groups in total. The van der Waals surface area contributed by atoms with Crippen LogP contribution in [-0.2, 0) is 0 Å². The minimum Gasteiger partial charge on any atom is -0.494 e. The van der Waals surface area contributed by atoms with E-state index in [0.29, 0.717) is 12.6 Å². The van der Waals surface area contributed by atoms with Crippen LogP contribution in [-0.4, -0.2) is 25.8 Å². The largest absolute Gasteiger partial charge is 0.494 e. The molecule has 1 atom stereocenters. The Balaban J connectivity index is 1.85. The number of hydrogen-bond donors (Lipinski definition) is 1. The summed E-state index contributed by atoms with van der Waals surface area (Å²) in [5, 5.41) is 3.41. The van der Waals surface area contributed by atoms with Gasteiger partial charge in [-0.05, 0) is 38.4 Å². The highest BCUT2D eigenvalue weighted by atomic mass is 16.5. The summed E-state index contributed by atoms with van der Waals surface area (Å²) in [4.78, 5) is 0. The Bertz CT molecular complexity index is 321. The van der Waals surface area contributed by atoms with Crippen molar-refractivity contribution in [2.45, 2.75) is 25.8 Å². The van der Waals surface area contributed by atoms with Gasteiger partial charge >= 0.3 is 0 Å². The van der Waals surface area contributed by atoms with Crippen LogP contribution >= 0.6 is 0 Å². The lowest BCUT2D eigenvalue weighted by Gasteiger charge is -2.12. The summed E-state index contributed by atoms with van der Waals surface area (Å²) in [5.74, 6) is 1.76. The monoisotopic (exact) mass is 221 g/mol. The molecule has 0 bridgehead atoms. The Morgan fingerprint density at radius 3 is 2.81 bits per heavy atom. The van der Waals surface area contributed by atoms with Crippen molar-refractivity contribution < 1.29 is 9.47 Å². The first kappa shape index (κ1) is 11.3. The third-order valence-electron chi connectivity index (χ3n) is 2.73. The van der Waals surface area contributed by atoms with Crippen LogP contribution in [0.1, 0.15) is 19.8 Å². The molecule has 0 radical (unpaired) electrons. The predicted octanol–water partition coefficient (Wildman–Crippen LogP) is 2.22. The predicted molar refractivity (Wildman–Crippen MR) is 64.1 cm³/mol. The quantitative estimate of drug-likeness (QED) is 0.827. The van der Waals surface area contributed by atoms with Crippen molar-refractivity contribution in [2.75, 3.05) is 19.8 Å².